The standard InChI is InChI=1S/C11H13F3O2/c1-7-5-9(8(2)15)3-4-10(7)16-6-11(12,13)14/h3-5,8,15H,6H2,1-2H3/t8-/m1/s1. The van der Waals surface area contributed by atoms with Crippen molar-refractivity contribution in [3.8, 4) is 5.75 Å². The fraction of sp³-hybridized carbons (Fsp3) is 0.455. The molecule has 1 atom stereocenters. The monoisotopic (exact) mass is 234 g/mol. The first-order valence-corrected chi connectivity index (χ1v) is 4.78. The van der Waals surface area contributed by atoms with E-state index in [9.17, 15) is 18.3 Å². The molecule has 0 saturated heterocycles. The second kappa shape index (κ2) is 4.74. The van der Waals surface area contributed by atoms with Crippen molar-refractivity contribution in [1.29, 1.82) is 0 Å². The van der Waals surface area contributed by atoms with Crippen molar-refractivity contribution in [2.24, 2.45) is 0 Å². The molecule has 0 aliphatic heterocycles. The Kier molecular flexibility index (Phi) is 3.80. The molecular formula is C11H13F3O2. The first kappa shape index (κ1) is 12.8. The lowest BCUT2D eigenvalue weighted by Gasteiger charge is -2.13. The van der Waals surface area contributed by atoms with E-state index in [0.717, 1.165) is 0 Å². The van der Waals surface area contributed by atoms with E-state index in [0.29, 0.717) is 11.1 Å². The third-order valence-electron chi connectivity index (χ3n) is 2.07. The predicted octanol–water partition coefficient (Wildman–Crippen LogP) is 2.99. The summed E-state index contributed by atoms with van der Waals surface area (Å²) in [6.07, 6.45) is -4.98. The Bertz CT molecular complexity index is 359. The molecule has 0 saturated carbocycles. The van der Waals surface area contributed by atoms with Gasteiger partial charge in [-0.2, -0.15) is 13.2 Å². The van der Waals surface area contributed by atoms with E-state index in [2.05, 4.69) is 4.74 Å². The molecule has 0 spiro atoms. The third-order valence-corrected chi connectivity index (χ3v) is 2.07. The second-order valence-corrected chi connectivity index (χ2v) is 3.60. The maximum Gasteiger partial charge on any atom is 0.422 e. The average Bonchev–Trinajstić information content (AvgIpc) is 2.14. The summed E-state index contributed by atoms with van der Waals surface area (Å²) < 4.78 is 40.4. The number of aliphatic hydroxyl groups excluding tert-OH is 1. The summed E-state index contributed by atoms with van der Waals surface area (Å²) in [5, 5.41) is 9.28. The van der Waals surface area contributed by atoms with Crippen LogP contribution in [0, 0.1) is 6.92 Å². The number of ether oxygens (including phenoxy) is 1. The summed E-state index contributed by atoms with van der Waals surface area (Å²) in [5.41, 5.74) is 1.22. The molecular weight excluding hydrogens is 221 g/mol. The van der Waals surface area contributed by atoms with Crippen LogP contribution >= 0.6 is 0 Å². The van der Waals surface area contributed by atoms with Crippen LogP contribution in [0.25, 0.3) is 0 Å². The zero-order valence-corrected chi connectivity index (χ0v) is 9.01. The Morgan fingerprint density at radius 1 is 1.38 bits per heavy atom. The van der Waals surface area contributed by atoms with Gasteiger partial charge < -0.3 is 9.84 Å². The number of rotatable bonds is 3. The van der Waals surface area contributed by atoms with E-state index >= 15 is 0 Å². The molecule has 0 radical (unpaired) electrons. The number of benzene rings is 1. The maximum absolute atomic E-state index is 11.9. The van der Waals surface area contributed by atoms with Gasteiger partial charge in [-0.15, -0.1) is 0 Å². The number of hydrogen-bond acceptors (Lipinski definition) is 2. The van der Waals surface area contributed by atoms with Crippen LogP contribution in [0.3, 0.4) is 0 Å². The molecule has 5 heteroatoms. The van der Waals surface area contributed by atoms with Crippen LogP contribution in [-0.4, -0.2) is 17.9 Å². The number of alkyl halides is 3. The number of aliphatic hydroxyl groups is 1. The molecule has 1 rings (SSSR count). The van der Waals surface area contributed by atoms with E-state index < -0.39 is 18.9 Å². The zero-order chi connectivity index (χ0) is 12.3. The van der Waals surface area contributed by atoms with Gasteiger partial charge in [-0.3, -0.25) is 0 Å². The molecule has 0 unspecified atom stereocenters. The molecule has 0 aliphatic carbocycles. The topological polar surface area (TPSA) is 29.5 Å². The highest BCUT2D eigenvalue weighted by Gasteiger charge is 2.28. The molecule has 0 fully saturated rings. The van der Waals surface area contributed by atoms with Crippen LogP contribution in [0.2, 0.25) is 0 Å². The van der Waals surface area contributed by atoms with Crippen LogP contribution in [0.15, 0.2) is 18.2 Å². The van der Waals surface area contributed by atoms with Gasteiger partial charge in [0.2, 0.25) is 0 Å². The second-order valence-electron chi connectivity index (χ2n) is 3.60. The Morgan fingerprint density at radius 3 is 2.44 bits per heavy atom. The molecule has 0 aliphatic rings. The van der Waals surface area contributed by atoms with E-state index in [1.165, 1.54) is 6.07 Å². The molecule has 0 aromatic heterocycles. The van der Waals surface area contributed by atoms with Crippen molar-refractivity contribution in [3.63, 3.8) is 0 Å². The van der Waals surface area contributed by atoms with Crippen LogP contribution < -0.4 is 4.74 Å². The van der Waals surface area contributed by atoms with Gasteiger partial charge >= 0.3 is 6.18 Å². The smallest absolute Gasteiger partial charge is 0.422 e. The van der Waals surface area contributed by atoms with E-state index in [-0.39, 0.29) is 5.75 Å². The highest BCUT2D eigenvalue weighted by Crippen LogP contribution is 2.24. The zero-order valence-electron chi connectivity index (χ0n) is 9.01. The Hall–Kier alpha value is -1.23. The average molecular weight is 234 g/mol. The van der Waals surface area contributed by atoms with Gasteiger partial charge in [0.1, 0.15) is 5.75 Å². The Morgan fingerprint density at radius 2 is 2.00 bits per heavy atom. The molecule has 2 nitrogen and oxygen atoms in total. The van der Waals surface area contributed by atoms with Gasteiger partial charge in [0.05, 0.1) is 6.10 Å². The van der Waals surface area contributed by atoms with E-state index in [1.807, 2.05) is 0 Å². The van der Waals surface area contributed by atoms with Gasteiger partial charge in [0.15, 0.2) is 6.61 Å². The molecule has 1 aromatic rings. The third kappa shape index (κ3) is 3.73. The van der Waals surface area contributed by atoms with Crippen LogP contribution in [-0.2, 0) is 0 Å². The normalized spacial score (nSPS) is 13.6. The van der Waals surface area contributed by atoms with E-state index in [1.54, 1.807) is 26.0 Å². The number of hydrogen-bond donors (Lipinski definition) is 1. The molecule has 90 valence electrons. The van der Waals surface area contributed by atoms with Gasteiger partial charge in [0.25, 0.3) is 0 Å². The molecule has 1 aromatic carbocycles. The minimum absolute atomic E-state index is 0.182. The van der Waals surface area contributed by atoms with Crippen molar-refractivity contribution < 1.29 is 23.0 Å². The van der Waals surface area contributed by atoms with Crippen molar-refractivity contribution in [2.75, 3.05) is 6.61 Å². The van der Waals surface area contributed by atoms with Crippen molar-refractivity contribution in [3.05, 3.63) is 29.3 Å². The molecule has 1 N–H and O–H groups in total. The lowest BCUT2D eigenvalue weighted by molar-refractivity contribution is -0.153. The largest absolute Gasteiger partial charge is 0.484 e. The van der Waals surface area contributed by atoms with Gasteiger partial charge in [0, 0.05) is 0 Å². The van der Waals surface area contributed by atoms with Crippen molar-refractivity contribution in [1.82, 2.24) is 0 Å². The van der Waals surface area contributed by atoms with Crippen LogP contribution in [0.5, 0.6) is 5.75 Å². The first-order valence-electron chi connectivity index (χ1n) is 4.78. The summed E-state index contributed by atoms with van der Waals surface area (Å²) >= 11 is 0. The number of aryl methyl sites for hydroxylation is 1. The highest BCUT2D eigenvalue weighted by atomic mass is 19.4. The lowest BCUT2D eigenvalue weighted by atomic mass is 10.1. The van der Waals surface area contributed by atoms with Gasteiger partial charge in [-0.1, -0.05) is 6.07 Å². The SMILES string of the molecule is Cc1cc([C@@H](C)O)ccc1OCC(F)(F)F. The minimum Gasteiger partial charge on any atom is -0.484 e. The maximum atomic E-state index is 11.9. The van der Waals surface area contributed by atoms with Gasteiger partial charge in [-0.05, 0) is 37.1 Å². The summed E-state index contributed by atoms with van der Waals surface area (Å²) in [7, 11) is 0. The molecule has 0 bridgehead atoms. The summed E-state index contributed by atoms with van der Waals surface area (Å²) in [6.45, 7) is 1.92. The fourth-order valence-electron chi connectivity index (χ4n) is 1.25. The van der Waals surface area contributed by atoms with Crippen molar-refractivity contribution in [2.45, 2.75) is 26.1 Å². The molecule has 0 heterocycles. The lowest BCUT2D eigenvalue weighted by Crippen LogP contribution is -2.19. The van der Waals surface area contributed by atoms with E-state index in [4.69, 9.17) is 0 Å². The minimum atomic E-state index is -4.34. The first-order chi connectivity index (χ1) is 7.29. The van der Waals surface area contributed by atoms with Gasteiger partial charge in [-0.25, -0.2) is 0 Å². The van der Waals surface area contributed by atoms with Crippen LogP contribution in [0.1, 0.15) is 24.2 Å². The Balaban J connectivity index is 2.76. The highest BCUT2D eigenvalue weighted by molar-refractivity contribution is 5.36. The molecule has 16 heavy (non-hydrogen) atoms. The summed E-state index contributed by atoms with van der Waals surface area (Å²) in [5.74, 6) is 0.182. The van der Waals surface area contributed by atoms with Crippen LogP contribution in [0.4, 0.5) is 13.2 Å². The Labute approximate surface area is 91.7 Å². The molecule has 0 amide bonds. The fourth-order valence-corrected chi connectivity index (χ4v) is 1.25. The quantitative estimate of drug-likeness (QED) is 0.871. The predicted molar refractivity (Wildman–Crippen MR) is 53.4 cm³/mol. The number of halogens is 3. The summed E-state index contributed by atoms with van der Waals surface area (Å²) in [4.78, 5) is 0. The summed E-state index contributed by atoms with van der Waals surface area (Å²) in [6, 6.07) is 4.59. The van der Waals surface area contributed by atoms with Crippen molar-refractivity contribution >= 4 is 0 Å².